The number of nitrogens with zero attached hydrogens (tertiary/aromatic N) is 1. The zero-order valence-corrected chi connectivity index (χ0v) is 12.8. The number of benzene rings is 2. The zero-order valence-electron chi connectivity index (χ0n) is 12.0. The molecule has 0 spiro atoms. The number of anilines is 1. The minimum atomic E-state index is 0.0668. The maximum Gasteiger partial charge on any atom is 0.108 e. The smallest absolute Gasteiger partial charge is 0.108 e. The fourth-order valence-electron chi connectivity index (χ4n) is 2.80. The second kappa shape index (κ2) is 5.49. The third-order valence-corrected chi connectivity index (χ3v) is 4.42. The van der Waals surface area contributed by atoms with Crippen molar-refractivity contribution in [3.05, 3.63) is 65.2 Å². The number of rotatable bonds is 3. The van der Waals surface area contributed by atoms with Gasteiger partial charge >= 0.3 is 0 Å². The summed E-state index contributed by atoms with van der Waals surface area (Å²) in [5.74, 6) is 0.581. The Morgan fingerprint density at radius 2 is 1.80 bits per heavy atom. The number of alkyl halides is 1. The topological polar surface area (TPSA) is 3.24 Å². The van der Waals surface area contributed by atoms with Crippen molar-refractivity contribution in [2.45, 2.75) is 38.2 Å². The Balaban J connectivity index is 1.81. The van der Waals surface area contributed by atoms with Gasteiger partial charge in [0.15, 0.2) is 0 Å². The number of hydrogen-bond acceptors (Lipinski definition) is 1. The highest BCUT2D eigenvalue weighted by Gasteiger charge is 2.26. The quantitative estimate of drug-likeness (QED) is 0.570. The van der Waals surface area contributed by atoms with Crippen LogP contribution in [0.4, 0.5) is 5.69 Å². The number of halogens is 1. The summed E-state index contributed by atoms with van der Waals surface area (Å²) in [6.07, 6.45) is 0.932. The predicted octanol–water partition coefficient (Wildman–Crippen LogP) is 4.94. The molecule has 1 aliphatic heterocycles. The highest BCUT2D eigenvalue weighted by atomic mass is 35.5. The van der Waals surface area contributed by atoms with Crippen LogP contribution in [-0.2, 0) is 13.0 Å². The van der Waals surface area contributed by atoms with Gasteiger partial charge in [-0.1, -0.05) is 67.9 Å². The van der Waals surface area contributed by atoms with E-state index in [0.717, 1.165) is 13.0 Å². The van der Waals surface area contributed by atoms with E-state index in [4.69, 9.17) is 11.6 Å². The van der Waals surface area contributed by atoms with Crippen LogP contribution in [0, 0.1) is 0 Å². The second-order valence-electron chi connectivity index (χ2n) is 5.79. The third kappa shape index (κ3) is 2.55. The van der Waals surface area contributed by atoms with Crippen LogP contribution >= 0.6 is 11.6 Å². The average molecular weight is 286 g/mol. The van der Waals surface area contributed by atoms with Crippen molar-refractivity contribution in [2.24, 2.45) is 0 Å². The molecule has 0 aliphatic carbocycles. The molecule has 0 saturated carbocycles. The van der Waals surface area contributed by atoms with Crippen LogP contribution in [0.25, 0.3) is 0 Å². The molecule has 0 bridgehead atoms. The van der Waals surface area contributed by atoms with E-state index >= 15 is 0 Å². The van der Waals surface area contributed by atoms with Gasteiger partial charge in [-0.15, -0.1) is 0 Å². The highest BCUT2D eigenvalue weighted by molar-refractivity contribution is 6.22. The molecular formula is C18H20ClN. The first-order chi connectivity index (χ1) is 9.65. The van der Waals surface area contributed by atoms with Crippen LogP contribution in [0.5, 0.6) is 0 Å². The number of para-hydroxylation sites is 1. The summed E-state index contributed by atoms with van der Waals surface area (Å²) < 4.78 is 0. The van der Waals surface area contributed by atoms with Crippen molar-refractivity contribution in [2.75, 3.05) is 4.90 Å². The van der Waals surface area contributed by atoms with Gasteiger partial charge in [0.05, 0.1) is 0 Å². The van der Waals surface area contributed by atoms with Gasteiger partial charge in [-0.2, -0.15) is 0 Å². The highest BCUT2D eigenvalue weighted by Crippen LogP contribution is 2.34. The van der Waals surface area contributed by atoms with Gasteiger partial charge in [0.1, 0.15) is 5.50 Å². The summed E-state index contributed by atoms with van der Waals surface area (Å²) in [5, 5.41) is 0. The molecule has 2 heteroatoms. The molecule has 0 N–H and O–H groups in total. The lowest BCUT2D eigenvalue weighted by Gasteiger charge is -2.23. The molecule has 3 rings (SSSR count). The summed E-state index contributed by atoms with van der Waals surface area (Å²) in [6.45, 7) is 5.32. The fourth-order valence-corrected chi connectivity index (χ4v) is 3.14. The Labute approximate surface area is 126 Å². The minimum Gasteiger partial charge on any atom is -0.350 e. The van der Waals surface area contributed by atoms with E-state index in [0.29, 0.717) is 5.92 Å². The molecule has 20 heavy (non-hydrogen) atoms. The van der Waals surface area contributed by atoms with Crippen molar-refractivity contribution < 1.29 is 0 Å². The van der Waals surface area contributed by atoms with Crippen molar-refractivity contribution in [1.82, 2.24) is 0 Å². The van der Waals surface area contributed by atoms with E-state index in [1.807, 2.05) is 0 Å². The van der Waals surface area contributed by atoms with Crippen molar-refractivity contribution in [3.8, 4) is 0 Å². The molecule has 104 valence electrons. The maximum absolute atomic E-state index is 6.50. The van der Waals surface area contributed by atoms with Crippen LogP contribution in [-0.4, -0.2) is 5.50 Å². The van der Waals surface area contributed by atoms with Gasteiger partial charge in [0.2, 0.25) is 0 Å². The van der Waals surface area contributed by atoms with Crippen molar-refractivity contribution in [3.63, 3.8) is 0 Å². The lowest BCUT2D eigenvalue weighted by atomic mass is 10.0. The van der Waals surface area contributed by atoms with E-state index < -0.39 is 0 Å². The molecule has 0 radical (unpaired) electrons. The summed E-state index contributed by atoms with van der Waals surface area (Å²) in [5.41, 5.74) is 5.40. The van der Waals surface area contributed by atoms with Gasteiger partial charge in [-0.3, -0.25) is 0 Å². The SMILES string of the molecule is CC(C)c1ccc(CN2c3ccccc3CC2Cl)cc1. The molecule has 0 aromatic heterocycles. The summed E-state index contributed by atoms with van der Waals surface area (Å²) >= 11 is 6.50. The van der Waals surface area contributed by atoms with Crippen LogP contribution in [0.15, 0.2) is 48.5 Å². The largest absolute Gasteiger partial charge is 0.350 e. The van der Waals surface area contributed by atoms with Crippen LogP contribution < -0.4 is 4.90 Å². The molecule has 0 amide bonds. The summed E-state index contributed by atoms with van der Waals surface area (Å²) in [7, 11) is 0. The van der Waals surface area contributed by atoms with Gasteiger partial charge in [-0.25, -0.2) is 0 Å². The second-order valence-corrected chi connectivity index (χ2v) is 6.30. The van der Waals surface area contributed by atoms with E-state index in [1.165, 1.54) is 22.4 Å². The average Bonchev–Trinajstić information content (AvgIpc) is 2.76. The monoisotopic (exact) mass is 285 g/mol. The fraction of sp³-hybridized carbons (Fsp3) is 0.333. The molecule has 1 heterocycles. The third-order valence-electron chi connectivity index (χ3n) is 4.03. The molecule has 1 nitrogen and oxygen atoms in total. The lowest BCUT2D eigenvalue weighted by molar-refractivity contribution is 0.781. The number of hydrogen-bond donors (Lipinski definition) is 0. The first kappa shape index (κ1) is 13.5. The Bertz CT molecular complexity index is 589. The summed E-state index contributed by atoms with van der Waals surface area (Å²) in [6, 6.07) is 17.4. The maximum atomic E-state index is 6.50. The Morgan fingerprint density at radius 1 is 1.10 bits per heavy atom. The Morgan fingerprint density at radius 3 is 2.50 bits per heavy atom. The molecular weight excluding hydrogens is 266 g/mol. The molecule has 0 fully saturated rings. The first-order valence-corrected chi connectivity index (χ1v) is 7.66. The van der Waals surface area contributed by atoms with Crippen molar-refractivity contribution >= 4 is 17.3 Å². The predicted molar refractivity (Wildman–Crippen MR) is 86.5 cm³/mol. The molecule has 1 atom stereocenters. The number of fused-ring (bicyclic) bond motifs is 1. The van der Waals surface area contributed by atoms with E-state index in [2.05, 4.69) is 67.3 Å². The Kier molecular flexibility index (Phi) is 3.71. The molecule has 0 saturated heterocycles. The zero-order chi connectivity index (χ0) is 14.1. The van der Waals surface area contributed by atoms with Crippen LogP contribution in [0.3, 0.4) is 0 Å². The van der Waals surface area contributed by atoms with E-state index in [9.17, 15) is 0 Å². The minimum absolute atomic E-state index is 0.0668. The van der Waals surface area contributed by atoms with Gasteiger partial charge < -0.3 is 4.90 Å². The van der Waals surface area contributed by atoms with Gasteiger partial charge in [0.25, 0.3) is 0 Å². The van der Waals surface area contributed by atoms with E-state index in [1.54, 1.807) is 0 Å². The summed E-state index contributed by atoms with van der Waals surface area (Å²) in [4.78, 5) is 2.29. The molecule has 2 aromatic rings. The lowest BCUT2D eigenvalue weighted by Crippen LogP contribution is -2.26. The van der Waals surface area contributed by atoms with Gasteiger partial charge in [-0.05, 0) is 28.7 Å². The van der Waals surface area contributed by atoms with Crippen molar-refractivity contribution in [1.29, 1.82) is 0 Å². The molecule has 2 aromatic carbocycles. The van der Waals surface area contributed by atoms with Gasteiger partial charge in [0, 0.05) is 18.7 Å². The standard InChI is InChI=1S/C18H20ClN/c1-13(2)15-9-7-14(8-10-15)12-20-17-6-4-3-5-16(17)11-18(20)19/h3-10,13,18H,11-12H2,1-2H3. The van der Waals surface area contributed by atoms with Crippen LogP contribution in [0.1, 0.15) is 36.5 Å². The van der Waals surface area contributed by atoms with Crippen LogP contribution in [0.2, 0.25) is 0 Å². The Hall–Kier alpha value is -1.47. The van der Waals surface area contributed by atoms with E-state index in [-0.39, 0.29) is 5.50 Å². The molecule has 1 unspecified atom stereocenters. The normalized spacial score (nSPS) is 17.6. The molecule has 1 aliphatic rings. The first-order valence-electron chi connectivity index (χ1n) is 7.22.